The van der Waals surface area contributed by atoms with Crippen LogP contribution in [0.25, 0.3) is 0 Å². The highest BCUT2D eigenvalue weighted by atomic mass is 79.9. The minimum absolute atomic E-state index is 0.306. The van der Waals surface area contributed by atoms with Gasteiger partial charge in [-0.2, -0.15) is 0 Å². The van der Waals surface area contributed by atoms with E-state index in [1.807, 2.05) is 0 Å². The molecule has 5 nitrogen and oxygen atoms in total. The highest BCUT2D eigenvalue weighted by Crippen LogP contribution is 2.16. The molecule has 0 aliphatic carbocycles. The van der Waals surface area contributed by atoms with Gasteiger partial charge >= 0.3 is 12.1 Å². The minimum Gasteiger partial charge on any atom is -0.468 e. The first-order valence-electron chi connectivity index (χ1n) is 7.21. The molecular weight excluding hydrogens is 326 g/mol. The molecule has 0 saturated heterocycles. The van der Waals surface area contributed by atoms with Crippen LogP contribution in [0, 0.1) is 0 Å². The molecule has 0 bridgehead atoms. The number of halogens is 1. The molecule has 2 atom stereocenters. The highest BCUT2D eigenvalue weighted by Gasteiger charge is 2.28. The summed E-state index contributed by atoms with van der Waals surface area (Å²) in [4.78, 5) is 22.5. The van der Waals surface area contributed by atoms with Gasteiger partial charge in [0.2, 0.25) is 0 Å². The van der Waals surface area contributed by atoms with Crippen LogP contribution in [0.3, 0.4) is 0 Å². The highest BCUT2D eigenvalue weighted by molar-refractivity contribution is 9.10. The van der Waals surface area contributed by atoms with Crippen LogP contribution in [0.5, 0.6) is 0 Å². The zero-order valence-electron chi connectivity index (χ0n) is 12.6. The monoisotopic (exact) mass is 351 g/mol. The smallest absolute Gasteiger partial charge is 0.407 e. The van der Waals surface area contributed by atoms with E-state index in [9.17, 15) is 9.59 Å². The van der Waals surface area contributed by atoms with Crippen LogP contribution in [0.4, 0.5) is 4.79 Å². The molecule has 0 aromatic carbocycles. The Morgan fingerprint density at radius 3 is 2.35 bits per heavy atom. The number of alkyl halides is 1. The molecule has 0 heterocycles. The third-order valence-corrected chi connectivity index (χ3v) is 3.99. The molecule has 20 heavy (non-hydrogen) atoms. The van der Waals surface area contributed by atoms with Crippen molar-refractivity contribution in [3.63, 3.8) is 0 Å². The Morgan fingerprint density at radius 2 is 1.80 bits per heavy atom. The zero-order valence-corrected chi connectivity index (χ0v) is 14.2. The van der Waals surface area contributed by atoms with E-state index in [0.717, 1.165) is 12.8 Å². The minimum atomic E-state index is -0.553. The number of nitrogens with one attached hydrogen (secondary N) is 1. The molecule has 0 saturated carbocycles. The van der Waals surface area contributed by atoms with E-state index in [0.29, 0.717) is 13.0 Å². The normalized spacial score (nSPS) is 13.4. The quantitative estimate of drug-likeness (QED) is 0.372. The van der Waals surface area contributed by atoms with Crippen LogP contribution in [0.1, 0.15) is 52.4 Å². The van der Waals surface area contributed by atoms with Crippen molar-refractivity contribution in [1.82, 2.24) is 5.32 Å². The second kappa shape index (κ2) is 12.0. The molecule has 0 aliphatic rings. The summed E-state index contributed by atoms with van der Waals surface area (Å²) in [6, 6.07) is -0.317. The average molecular weight is 352 g/mol. The Hall–Kier alpha value is -0.780. The van der Waals surface area contributed by atoms with Crippen LogP contribution < -0.4 is 5.32 Å². The van der Waals surface area contributed by atoms with Crippen molar-refractivity contribution >= 4 is 28.0 Å². The number of rotatable bonds is 10. The number of amides is 1. The van der Waals surface area contributed by atoms with Crippen molar-refractivity contribution < 1.29 is 19.1 Å². The number of unbranched alkanes of at least 4 members (excludes halogenated alkanes) is 4. The number of alkyl carbamates (subject to hydrolysis) is 1. The third-order valence-electron chi connectivity index (χ3n) is 2.98. The van der Waals surface area contributed by atoms with Gasteiger partial charge in [0.25, 0.3) is 0 Å². The molecule has 0 rings (SSSR count). The van der Waals surface area contributed by atoms with E-state index in [2.05, 4.69) is 28.2 Å². The molecule has 118 valence electrons. The van der Waals surface area contributed by atoms with E-state index < -0.39 is 10.9 Å². The van der Waals surface area contributed by atoms with Crippen molar-refractivity contribution in [2.75, 3.05) is 13.7 Å². The Kier molecular flexibility index (Phi) is 11.5. The van der Waals surface area contributed by atoms with E-state index in [-0.39, 0.29) is 12.0 Å². The second-order valence-electron chi connectivity index (χ2n) is 4.60. The van der Waals surface area contributed by atoms with Crippen molar-refractivity contribution in [3.05, 3.63) is 0 Å². The number of ether oxygens (including phenoxy) is 2. The van der Waals surface area contributed by atoms with Crippen LogP contribution in [0.2, 0.25) is 0 Å². The summed E-state index contributed by atoms with van der Waals surface area (Å²) in [5.41, 5.74) is 0. The van der Waals surface area contributed by atoms with Crippen molar-refractivity contribution in [3.8, 4) is 0 Å². The topological polar surface area (TPSA) is 64.6 Å². The zero-order chi connectivity index (χ0) is 15.4. The van der Waals surface area contributed by atoms with E-state index >= 15 is 0 Å². The number of carbonyl (C=O) groups is 2. The van der Waals surface area contributed by atoms with Gasteiger partial charge in [0, 0.05) is 0 Å². The summed E-state index contributed by atoms with van der Waals surface area (Å²) in [5.74, 6) is -0.389. The van der Waals surface area contributed by atoms with E-state index in [1.165, 1.54) is 26.4 Å². The molecule has 0 aromatic heterocycles. The first-order valence-corrected chi connectivity index (χ1v) is 8.13. The largest absolute Gasteiger partial charge is 0.468 e. The molecule has 0 unspecified atom stereocenters. The summed E-state index contributed by atoms with van der Waals surface area (Å²) in [6.45, 7) is 4.21. The van der Waals surface area contributed by atoms with E-state index in [1.54, 1.807) is 6.92 Å². The fourth-order valence-corrected chi connectivity index (χ4v) is 2.44. The van der Waals surface area contributed by atoms with Crippen molar-refractivity contribution in [2.45, 2.75) is 63.2 Å². The molecule has 1 amide bonds. The lowest BCUT2D eigenvalue weighted by molar-refractivity contribution is -0.140. The fraction of sp³-hybridized carbons (Fsp3) is 0.857. The number of esters is 1. The summed E-state index contributed by atoms with van der Waals surface area (Å²) < 4.78 is 9.56. The number of hydrogen-bond donors (Lipinski definition) is 1. The number of methoxy groups -OCH3 is 1. The predicted molar refractivity (Wildman–Crippen MR) is 82.1 cm³/mol. The summed E-state index contributed by atoms with van der Waals surface area (Å²) in [5, 5.41) is 2.71. The lowest BCUT2D eigenvalue weighted by Crippen LogP contribution is -2.44. The van der Waals surface area contributed by atoms with Crippen LogP contribution in [-0.2, 0) is 14.3 Å². The van der Waals surface area contributed by atoms with Crippen LogP contribution >= 0.6 is 15.9 Å². The van der Waals surface area contributed by atoms with Crippen LogP contribution in [-0.4, -0.2) is 36.6 Å². The molecule has 0 aliphatic heterocycles. The number of carbonyl (C=O) groups excluding carboxylic acids is 2. The average Bonchev–Trinajstić information content (AvgIpc) is 2.44. The maximum atomic E-state index is 11.6. The SMILES string of the molecule is CCCCCCC[C@@H](NC(=O)OCC)[C@@H](Br)C(=O)OC. The first kappa shape index (κ1) is 19.2. The van der Waals surface area contributed by atoms with Gasteiger partial charge in [-0.15, -0.1) is 0 Å². The maximum absolute atomic E-state index is 11.6. The Balaban J connectivity index is 4.31. The van der Waals surface area contributed by atoms with Gasteiger partial charge in [-0.25, -0.2) is 4.79 Å². The molecule has 0 spiro atoms. The molecular formula is C14H26BrNO4. The fourth-order valence-electron chi connectivity index (χ4n) is 1.86. The standard InChI is InChI=1S/C14H26BrNO4/c1-4-6-7-8-9-10-11(12(15)13(17)19-3)16-14(18)20-5-2/h11-12H,4-10H2,1-3H3,(H,16,18)/t11-,12-/m1/s1. The Morgan fingerprint density at radius 1 is 1.15 bits per heavy atom. The van der Waals surface area contributed by atoms with Gasteiger partial charge in [-0.3, -0.25) is 4.79 Å². The summed E-state index contributed by atoms with van der Waals surface area (Å²) in [7, 11) is 1.33. The number of hydrogen-bond acceptors (Lipinski definition) is 4. The summed E-state index contributed by atoms with van der Waals surface area (Å²) in [6.07, 6.45) is 5.84. The molecule has 0 fully saturated rings. The lowest BCUT2D eigenvalue weighted by atomic mass is 10.0. The molecule has 1 N–H and O–H groups in total. The molecule has 0 radical (unpaired) electrons. The Labute approximate surface area is 129 Å². The predicted octanol–water partition coefficient (Wildman–Crippen LogP) is 3.40. The second-order valence-corrected chi connectivity index (χ2v) is 5.59. The van der Waals surface area contributed by atoms with Gasteiger partial charge in [-0.05, 0) is 13.3 Å². The third kappa shape index (κ3) is 8.40. The maximum Gasteiger partial charge on any atom is 0.407 e. The van der Waals surface area contributed by atoms with Gasteiger partial charge in [0.1, 0.15) is 4.83 Å². The first-order chi connectivity index (χ1) is 9.56. The van der Waals surface area contributed by atoms with E-state index in [4.69, 9.17) is 9.47 Å². The molecule has 0 aromatic rings. The van der Waals surface area contributed by atoms with Crippen molar-refractivity contribution in [1.29, 1.82) is 0 Å². The van der Waals surface area contributed by atoms with Crippen molar-refractivity contribution in [2.24, 2.45) is 0 Å². The molecule has 6 heteroatoms. The lowest BCUT2D eigenvalue weighted by Gasteiger charge is -2.21. The van der Waals surface area contributed by atoms with Crippen LogP contribution in [0.15, 0.2) is 0 Å². The van der Waals surface area contributed by atoms with Gasteiger partial charge in [-0.1, -0.05) is 55.0 Å². The summed E-state index contributed by atoms with van der Waals surface area (Å²) >= 11 is 3.29. The van der Waals surface area contributed by atoms with Gasteiger partial charge in [0.15, 0.2) is 0 Å². The Bertz CT molecular complexity index is 286. The van der Waals surface area contributed by atoms with Gasteiger partial charge < -0.3 is 14.8 Å². The van der Waals surface area contributed by atoms with Gasteiger partial charge in [0.05, 0.1) is 19.8 Å².